The first kappa shape index (κ1) is 20.5. The van der Waals surface area contributed by atoms with Gasteiger partial charge in [0.15, 0.2) is 16.5 Å². The fourth-order valence-corrected chi connectivity index (χ4v) is 2.80. The third-order valence-corrected chi connectivity index (χ3v) is 4.43. The first-order valence-electron chi connectivity index (χ1n) is 7.65. The molecule has 1 atom stereocenters. The minimum Gasteiger partial charge on any atom is -0.503 e. The highest BCUT2D eigenvalue weighted by atomic mass is 35.5. The number of nitrogens with one attached hydrogen (secondary N) is 3. The third kappa shape index (κ3) is 5.59. The Hall–Kier alpha value is -2.79. The molecule has 144 valence electrons. The number of ether oxygens (including phenoxy) is 1. The molecule has 0 aliphatic rings. The Morgan fingerprint density at radius 1 is 1.52 bits per heavy atom. The molecule has 1 heterocycles. The summed E-state index contributed by atoms with van der Waals surface area (Å²) in [5, 5.41) is 18.6. The van der Waals surface area contributed by atoms with Crippen LogP contribution in [0.15, 0.2) is 31.8 Å². The Kier molecular flexibility index (Phi) is 7.02. The van der Waals surface area contributed by atoms with Crippen molar-refractivity contribution in [3.05, 3.63) is 43.6 Å². The van der Waals surface area contributed by atoms with Crippen LogP contribution in [0.1, 0.15) is 19.4 Å². The summed E-state index contributed by atoms with van der Waals surface area (Å²) in [5.74, 6) is -0.466. The van der Waals surface area contributed by atoms with Crippen molar-refractivity contribution in [3.8, 4) is 11.5 Å². The smallest absolute Gasteiger partial charge is 0.342 e. The van der Waals surface area contributed by atoms with Gasteiger partial charge in [0, 0.05) is 0 Å². The Morgan fingerprint density at radius 2 is 2.26 bits per heavy atom. The minimum absolute atomic E-state index is 0.0482. The Bertz CT molecular complexity index is 974. The number of aromatic hydroxyl groups is 1. The van der Waals surface area contributed by atoms with E-state index in [2.05, 4.69) is 20.7 Å². The number of hydrazone groups is 1. The third-order valence-electron chi connectivity index (χ3n) is 3.08. The number of thioether (sulfide) groups is 1. The van der Waals surface area contributed by atoms with Gasteiger partial charge < -0.3 is 9.84 Å². The van der Waals surface area contributed by atoms with Gasteiger partial charge >= 0.3 is 5.69 Å². The zero-order valence-corrected chi connectivity index (χ0v) is 15.8. The van der Waals surface area contributed by atoms with Gasteiger partial charge in [-0.2, -0.15) is 10.2 Å². The van der Waals surface area contributed by atoms with Gasteiger partial charge in [0.25, 0.3) is 11.5 Å². The maximum absolute atomic E-state index is 12.1. The first-order valence-corrected chi connectivity index (χ1v) is 8.91. The summed E-state index contributed by atoms with van der Waals surface area (Å²) in [4.78, 5) is 36.6. The second-order valence-electron chi connectivity index (χ2n) is 5.09. The number of amides is 1. The van der Waals surface area contributed by atoms with Crippen LogP contribution >= 0.6 is 23.4 Å². The van der Waals surface area contributed by atoms with E-state index in [0.29, 0.717) is 12.2 Å². The Labute approximate surface area is 162 Å². The van der Waals surface area contributed by atoms with Crippen LogP contribution in [-0.4, -0.2) is 44.3 Å². The Morgan fingerprint density at radius 3 is 2.93 bits per heavy atom. The van der Waals surface area contributed by atoms with Gasteiger partial charge in [-0.1, -0.05) is 23.4 Å². The molecule has 0 radical (unpaired) electrons. The maximum atomic E-state index is 12.1. The van der Waals surface area contributed by atoms with Crippen LogP contribution in [0.2, 0.25) is 5.02 Å². The number of rotatable bonds is 7. The largest absolute Gasteiger partial charge is 0.503 e. The highest BCUT2D eigenvalue weighted by Gasteiger charge is 2.17. The second kappa shape index (κ2) is 9.24. The first-order chi connectivity index (χ1) is 12.8. The van der Waals surface area contributed by atoms with E-state index in [0.717, 1.165) is 11.8 Å². The minimum atomic E-state index is -0.731. The van der Waals surface area contributed by atoms with Crippen molar-refractivity contribution in [3.63, 3.8) is 0 Å². The highest BCUT2D eigenvalue weighted by Crippen LogP contribution is 2.34. The van der Waals surface area contributed by atoms with Crippen molar-refractivity contribution in [2.75, 3.05) is 6.61 Å². The topological polar surface area (TPSA) is 150 Å². The molecule has 1 amide bonds. The number of aromatic amines is 2. The molecule has 1 unspecified atom stereocenters. The van der Waals surface area contributed by atoms with E-state index in [1.807, 2.05) is 4.98 Å². The molecule has 0 aliphatic heterocycles. The average molecular weight is 414 g/mol. The molecule has 1 aromatic carbocycles. The highest BCUT2D eigenvalue weighted by molar-refractivity contribution is 8.00. The summed E-state index contributed by atoms with van der Waals surface area (Å²) in [5.41, 5.74) is 1.40. The van der Waals surface area contributed by atoms with Crippen molar-refractivity contribution in [1.82, 2.24) is 20.6 Å². The lowest BCUT2D eigenvalue weighted by Gasteiger charge is -2.09. The maximum Gasteiger partial charge on any atom is 0.342 e. The van der Waals surface area contributed by atoms with E-state index in [9.17, 15) is 19.5 Å². The van der Waals surface area contributed by atoms with E-state index in [-0.39, 0.29) is 21.5 Å². The summed E-state index contributed by atoms with van der Waals surface area (Å²) in [6, 6.07) is 2.97. The van der Waals surface area contributed by atoms with Crippen LogP contribution in [0.25, 0.3) is 0 Å². The monoisotopic (exact) mass is 413 g/mol. The van der Waals surface area contributed by atoms with Gasteiger partial charge in [-0.05, 0) is 31.5 Å². The van der Waals surface area contributed by atoms with Crippen molar-refractivity contribution < 1.29 is 14.6 Å². The number of phenolic OH excluding ortho intramolecular Hbond substituents is 1. The number of benzene rings is 1. The lowest BCUT2D eigenvalue weighted by atomic mass is 10.2. The molecule has 0 bridgehead atoms. The normalized spacial score (nSPS) is 12.1. The predicted octanol–water partition coefficient (Wildman–Crippen LogP) is 0.847. The fraction of sp³-hybridized carbons (Fsp3) is 0.267. The Balaban J connectivity index is 2.02. The van der Waals surface area contributed by atoms with E-state index in [1.54, 1.807) is 13.8 Å². The zero-order valence-electron chi connectivity index (χ0n) is 14.3. The SMILES string of the molecule is CCOc1cc(/C=N/NC(=O)C(C)Sc2n[nH]c(=O)[nH]c2=O)cc(Cl)c1O. The fourth-order valence-electron chi connectivity index (χ4n) is 1.83. The molecular formula is C15H16ClN5O5S. The molecule has 0 saturated carbocycles. The summed E-state index contributed by atoms with van der Waals surface area (Å²) in [7, 11) is 0. The molecule has 0 aliphatic carbocycles. The number of hydrogen-bond donors (Lipinski definition) is 4. The number of nitrogens with zero attached hydrogens (tertiary/aromatic N) is 2. The molecule has 27 heavy (non-hydrogen) atoms. The van der Waals surface area contributed by atoms with Crippen LogP contribution in [0.3, 0.4) is 0 Å². The molecule has 1 aromatic heterocycles. The number of carbonyl (C=O) groups excluding carboxylic acids is 1. The molecule has 2 aromatic rings. The van der Waals surface area contributed by atoms with Crippen LogP contribution in [0.4, 0.5) is 0 Å². The number of halogens is 1. The summed E-state index contributed by atoms with van der Waals surface area (Å²) < 4.78 is 5.26. The number of aromatic nitrogens is 3. The van der Waals surface area contributed by atoms with E-state index in [4.69, 9.17) is 16.3 Å². The van der Waals surface area contributed by atoms with Crippen LogP contribution in [-0.2, 0) is 4.79 Å². The molecule has 12 heteroatoms. The van der Waals surface area contributed by atoms with E-state index in [1.165, 1.54) is 18.3 Å². The number of H-pyrrole nitrogens is 2. The van der Waals surface area contributed by atoms with Crippen LogP contribution in [0.5, 0.6) is 11.5 Å². The molecule has 2 rings (SSSR count). The lowest BCUT2D eigenvalue weighted by molar-refractivity contribution is -0.120. The van der Waals surface area contributed by atoms with Crippen molar-refractivity contribution in [1.29, 1.82) is 0 Å². The molecule has 0 fully saturated rings. The van der Waals surface area contributed by atoms with Gasteiger partial charge in [0.1, 0.15) is 0 Å². The van der Waals surface area contributed by atoms with Gasteiger partial charge in [0.2, 0.25) is 0 Å². The zero-order chi connectivity index (χ0) is 20.0. The van der Waals surface area contributed by atoms with Crippen LogP contribution < -0.4 is 21.4 Å². The standard InChI is InChI=1S/C15H16ClN5O5S/c1-3-26-10-5-8(4-9(16)11(10)22)6-17-19-12(23)7(2)27-14-13(24)18-15(25)21-20-14/h4-7,22H,3H2,1-2H3,(H,19,23)(H2,18,21,24,25)/b17-6+. The molecule has 4 N–H and O–H groups in total. The number of hydrogen-bond acceptors (Lipinski definition) is 8. The number of phenols is 1. The predicted molar refractivity (Wildman–Crippen MR) is 101 cm³/mol. The molecular weight excluding hydrogens is 398 g/mol. The van der Waals surface area contributed by atoms with Crippen LogP contribution in [0, 0.1) is 0 Å². The van der Waals surface area contributed by atoms with Gasteiger partial charge in [-0.25, -0.2) is 15.3 Å². The molecule has 0 spiro atoms. The van der Waals surface area contributed by atoms with E-state index >= 15 is 0 Å². The molecule has 10 nitrogen and oxygen atoms in total. The van der Waals surface area contributed by atoms with Crippen molar-refractivity contribution >= 4 is 35.5 Å². The summed E-state index contributed by atoms with van der Waals surface area (Å²) in [6.07, 6.45) is 1.33. The van der Waals surface area contributed by atoms with E-state index < -0.39 is 22.4 Å². The summed E-state index contributed by atoms with van der Waals surface area (Å²) >= 11 is 6.78. The van der Waals surface area contributed by atoms with Crippen molar-refractivity contribution in [2.45, 2.75) is 24.1 Å². The second-order valence-corrected chi connectivity index (χ2v) is 6.83. The summed E-state index contributed by atoms with van der Waals surface area (Å²) in [6.45, 7) is 3.65. The molecule has 0 saturated heterocycles. The number of carbonyl (C=O) groups is 1. The van der Waals surface area contributed by atoms with Gasteiger partial charge in [0.05, 0.1) is 23.1 Å². The average Bonchev–Trinajstić information content (AvgIpc) is 2.61. The lowest BCUT2D eigenvalue weighted by Crippen LogP contribution is -2.30. The van der Waals surface area contributed by atoms with Crippen molar-refractivity contribution in [2.24, 2.45) is 5.10 Å². The quantitative estimate of drug-likeness (QED) is 0.298. The van der Waals surface area contributed by atoms with Gasteiger partial charge in [-0.15, -0.1) is 0 Å². The van der Waals surface area contributed by atoms with Gasteiger partial charge in [-0.3, -0.25) is 14.6 Å².